The fourth-order valence-corrected chi connectivity index (χ4v) is 1.81. The summed E-state index contributed by atoms with van der Waals surface area (Å²) in [5, 5.41) is 4.85. The van der Waals surface area contributed by atoms with E-state index in [1.807, 2.05) is 43.3 Å². The fourth-order valence-electron chi connectivity index (χ4n) is 1.81. The van der Waals surface area contributed by atoms with Crippen molar-refractivity contribution in [2.24, 2.45) is 0 Å². The second-order valence-corrected chi connectivity index (χ2v) is 4.46. The molecule has 0 saturated heterocycles. The van der Waals surface area contributed by atoms with E-state index in [2.05, 4.69) is 10.3 Å². The SMILES string of the molecule is CN(C)CCNC(=O)c1cccc2cnccc12. The normalized spacial score (nSPS) is 10.8. The average molecular weight is 243 g/mol. The summed E-state index contributed by atoms with van der Waals surface area (Å²) in [6.45, 7) is 1.48. The molecule has 0 saturated carbocycles. The van der Waals surface area contributed by atoms with Gasteiger partial charge < -0.3 is 10.2 Å². The summed E-state index contributed by atoms with van der Waals surface area (Å²) in [6.07, 6.45) is 3.48. The molecule has 1 heterocycles. The van der Waals surface area contributed by atoms with Crippen LogP contribution in [0.1, 0.15) is 10.4 Å². The molecule has 0 aliphatic carbocycles. The van der Waals surface area contributed by atoms with Crippen molar-refractivity contribution in [2.75, 3.05) is 27.2 Å². The summed E-state index contributed by atoms with van der Waals surface area (Å²) in [5.41, 5.74) is 0.702. The number of pyridine rings is 1. The van der Waals surface area contributed by atoms with Crippen LogP contribution in [0.25, 0.3) is 10.8 Å². The zero-order valence-corrected chi connectivity index (χ0v) is 10.7. The third-order valence-corrected chi connectivity index (χ3v) is 2.77. The van der Waals surface area contributed by atoms with Crippen LogP contribution in [0.15, 0.2) is 36.7 Å². The maximum atomic E-state index is 12.1. The first-order valence-corrected chi connectivity index (χ1v) is 5.94. The Morgan fingerprint density at radius 2 is 2.17 bits per heavy atom. The van der Waals surface area contributed by atoms with E-state index in [4.69, 9.17) is 0 Å². The lowest BCUT2D eigenvalue weighted by Crippen LogP contribution is -2.31. The number of amides is 1. The first-order chi connectivity index (χ1) is 8.68. The van der Waals surface area contributed by atoms with E-state index in [0.29, 0.717) is 12.1 Å². The molecule has 0 aliphatic rings. The van der Waals surface area contributed by atoms with Gasteiger partial charge in [0.25, 0.3) is 5.91 Å². The third kappa shape index (κ3) is 2.84. The molecule has 2 rings (SSSR count). The Balaban J connectivity index is 2.17. The highest BCUT2D eigenvalue weighted by atomic mass is 16.1. The smallest absolute Gasteiger partial charge is 0.251 e. The number of carbonyl (C=O) groups excluding carboxylic acids is 1. The second-order valence-electron chi connectivity index (χ2n) is 4.46. The van der Waals surface area contributed by atoms with Gasteiger partial charge in [-0.15, -0.1) is 0 Å². The number of rotatable bonds is 4. The molecule has 0 radical (unpaired) electrons. The fraction of sp³-hybridized carbons (Fsp3) is 0.286. The van der Waals surface area contributed by atoms with Gasteiger partial charge in [0.2, 0.25) is 0 Å². The molecular formula is C14H17N3O. The molecule has 1 aromatic heterocycles. The topological polar surface area (TPSA) is 45.2 Å². The average Bonchev–Trinajstić information content (AvgIpc) is 2.37. The number of carbonyl (C=O) groups is 1. The summed E-state index contributed by atoms with van der Waals surface area (Å²) in [6, 6.07) is 7.55. The van der Waals surface area contributed by atoms with Crippen molar-refractivity contribution in [3.05, 3.63) is 42.2 Å². The Hall–Kier alpha value is -1.94. The van der Waals surface area contributed by atoms with E-state index in [-0.39, 0.29) is 5.91 Å². The summed E-state index contributed by atoms with van der Waals surface area (Å²) in [4.78, 5) is 18.2. The number of nitrogens with zero attached hydrogens (tertiary/aromatic N) is 2. The maximum Gasteiger partial charge on any atom is 0.251 e. The van der Waals surface area contributed by atoms with Crippen molar-refractivity contribution in [3.63, 3.8) is 0 Å². The van der Waals surface area contributed by atoms with Gasteiger partial charge in [-0.1, -0.05) is 12.1 Å². The van der Waals surface area contributed by atoms with Crippen LogP contribution in [0.5, 0.6) is 0 Å². The number of hydrogen-bond acceptors (Lipinski definition) is 3. The molecule has 4 nitrogen and oxygen atoms in total. The molecule has 4 heteroatoms. The van der Waals surface area contributed by atoms with Crippen LogP contribution in [0.4, 0.5) is 0 Å². The van der Waals surface area contributed by atoms with Gasteiger partial charge in [-0.25, -0.2) is 0 Å². The monoisotopic (exact) mass is 243 g/mol. The van der Waals surface area contributed by atoms with Gasteiger partial charge in [-0.05, 0) is 31.6 Å². The predicted molar refractivity (Wildman–Crippen MR) is 72.6 cm³/mol. The minimum Gasteiger partial charge on any atom is -0.351 e. The zero-order chi connectivity index (χ0) is 13.0. The highest BCUT2D eigenvalue weighted by Gasteiger charge is 2.08. The van der Waals surface area contributed by atoms with Crippen LogP contribution in [0, 0.1) is 0 Å². The number of benzene rings is 1. The van der Waals surface area contributed by atoms with Crippen LogP contribution in [-0.2, 0) is 0 Å². The van der Waals surface area contributed by atoms with Crippen molar-refractivity contribution in [2.45, 2.75) is 0 Å². The number of fused-ring (bicyclic) bond motifs is 1. The highest BCUT2D eigenvalue weighted by molar-refractivity contribution is 6.06. The van der Waals surface area contributed by atoms with Gasteiger partial charge in [-0.3, -0.25) is 9.78 Å². The standard InChI is InChI=1S/C14H17N3O/c1-17(2)9-8-16-14(18)13-5-3-4-11-10-15-7-6-12(11)13/h3-7,10H,8-9H2,1-2H3,(H,16,18). The van der Waals surface area contributed by atoms with E-state index in [1.54, 1.807) is 12.4 Å². The zero-order valence-electron chi connectivity index (χ0n) is 10.7. The van der Waals surface area contributed by atoms with E-state index in [9.17, 15) is 4.79 Å². The lowest BCUT2D eigenvalue weighted by Gasteiger charge is -2.11. The lowest BCUT2D eigenvalue weighted by atomic mass is 10.1. The largest absolute Gasteiger partial charge is 0.351 e. The van der Waals surface area contributed by atoms with Crippen molar-refractivity contribution in [1.29, 1.82) is 0 Å². The van der Waals surface area contributed by atoms with Gasteiger partial charge in [0, 0.05) is 36.4 Å². The van der Waals surface area contributed by atoms with Gasteiger partial charge in [-0.2, -0.15) is 0 Å². The summed E-state index contributed by atoms with van der Waals surface area (Å²) >= 11 is 0. The first-order valence-electron chi connectivity index (χ1n) is 5.94. The predicted octanol–water partition coefficient (Wildman–Crippen LogP) is 1.53. The molecule has 0 spiro atoms. The van der Waals surface area contributed by atoms with Crippen LogP contribution in [0.3, 0.4) is 0 Å². The van der Waals surface area contributed by atoms with Crippen molar-refractivity contribution in [1.82, 2.24) is 15.2 Å². The molecule has 0 fully saturated rings. The summed E-state index contributed by atoms with van der Waals surface area (Å²) < 4.78 is 0. The molecule has 0 unspecified atom stereocenters. The van der Waals surface area contributed by atoms with Crippen LogP contribution >= 0.6 is 0 Å². The van der Waals surface area contributed by atoms with E-state index >= 15 is 0 Å². The number of aromatic nitrogens is 1. The lowest BCUT2D eigenvalue weighted by molar-refractivity contribution is 0.0952. The minimum absolute atomic E-state index is 0.0337. The van der Waals surface area contributed by atoms with E-state index < -0.39 is 0 Å². The van der Waals surface area contributed by atoms with Crippen LogP contribution < -0.4 is 5.32 Å². The molecule has 94 valence electrons. The third-order valence-electron chi connectivity index (χ3n) is 2.77. The van der Waals surface area contributed by atoms with E-state index in [1.165, 1.54) is 0 Å². The van der Waals surface area contributed by atoms with Crippen LogP contribution in [-0.4, -0.2) is 43.0 Å². The molecule has 0 aliphatic heterocycles. The maximum absolute atomic E-state index is 12.1. The molecule has 2 aromatic rings. The Kier molecular flexibility index (Phi) is 3.89. The van der Waals surface area contributed by atoms with E-state index in [0.717, 1.165) is 17.3 Å². The first kappa shape index (κ1) is 12.5. The number of hydrogen-bond donors (Lipinski definition) is 1. The van der Waals surface area contributed by atoms with Gasteiger partial charge in [0.05, 0.1) is 0 Å². The highest BCUT2D eigenvalue weighted by Crippen LogP contribution is 2.17. The van der Waals surface area contributed by atoms with Crippen molar-refractivity contribution in [3.8, 4) is 0 Å². The number of nitrogens with one attached hydrogen (secondary N) is 1. The number of likely N-dealkylation sites (N-methyl/N-ethyl adjacent to an activating group) is 1. The van der Waals surface area contributed by atoms with Crippen LogP contribution in [0.2, 0.25) is 0 Å². The second kappa shape index (κ2) is 5.60. The Morgan fingerprint density at radius 1 is 1.33 bits per heavy atom. The molecule has 1 aromatic carbocycles. The minimum atomic E-state index is -0.0337. The Morgan fingerprint density at radius 3 is 2.94 bits per heavy atom. The molecular weight excluding hydrogens is 226 g/mol. The Labute approximate surface area is 107 Å². The van der Waals surface area contributed by atoms with Gasteiger partial charge >= 0.3 is 0 Å². The summed E-state index contributed by atoms with van der Waals surface area (Å²) in [7, 11) is 3.96. The quantitative estimate of drug-likeness (QED) is 0.885. The molecule has 0 atom stereocenters. The van der Waals surface area contributed by atoms with Crippen molar-refractivity contribution < 1.29 is 4.79 Å². The summed E-state index contributed by atoms with van der Waals surface area (Å²) in [5.74, 6) is -0.0337. The van der Waals surface area contributed by atoms with Gasteiger partial charge in [0.1, 0.15) is 0 Å². The molecule has 1 N–H and O–H groups in total. The van der Waals surface area contributed by atoms with Gasteiger partial charge in [0.15, 0.2) is 0 Å². The molecule has 0 bridgehead atoms. The molecule has 1 amide bonds. The van der Waals surface area contributed by atoms with Crippen molar-refractivity contribution >= 4 is 16.7 Å². The molecule has 18 heavy (non-hydrogen) atoms. The Bertz CT molecular complexity index is 546.